The molecule has 0 bridgehead atoms. The van der Waals surface area contributed by atoms with Gasteiger partial charge < -0.3 is 14.1 Å². The Morgan fingerprint density at radius 1 is 1.18 bits per heavy atom. The molecule has 3 aromatic heterocycles. The Morgan fingerprint density at radius 2 is 1.95 bits per heavy atom. The predicted molar refractivity (Wildman–Crippen MR) is 151 cm³/mol. The van der Waals surface area contributed by atoms with Crippen LogP contribution in [0, 0.1) is 6.92 Å². The topological polar surface area (TPSA) is 103 Å². The van der Waals surface area contributed by atoms with Crippen LogP contribution in [0.1, 0.15) is 36.9 Å². The highest BCUT2D eigenvalue weighted by atomic mass is 32.2. The number of aryl methyl sites for hydroxylation is 1. The summed E-state index contributed by atoms with van der Waals surface area (Å²) in [5, 5.41) is 1.19. The zero-order chi connectivity index (χ0) is 27.7. The van der Waals surface area contributed by atoms with Crippen molar-refractivity contribution in [1.29, 1.82) is 0 Å². The number of fused-ring (bicyclic) bond motifs is 1. The molecule has 0 unspecified atom stereocenters. The van der Waals surface area contributed by atoms with E-state index >= 15 is 0 Å². The van der Waals surface area contributed by atoms with Gasteiger partial charge in [0, 0.05) is 37.7 Å². The van der Waals surface area contributed by atoms with Gasteiger partial charge in [-0.25, -0.2) is 19.8 Å². The summed E-state index contributed by atoms with van der Waals surface area (Å²) in [4.78, 5) is 42.6. The van der Waals surface area contributed by atoms with Crippen molar-refractivity contribution < 1.29 is 13.9 Å². The Bertz CT molecular complexity index is 1750. The molecule has 4 heterocycles. The predicted octanol–water partition coefficient (Wildman–Crippen LogP) is 3.71. The Morgan fingerprint density at radius 3 is 2.64 bits per heavy atom. The molecule has 0 saturated heterocycles. The number of hydrogen-bond acceptors (Lipinski definition) is 10. The molecule has 200 valence electrons. The van der Waals surface area contributed by atoms with E-state index in [0.717, 1.165) is 16.9 Å². The number of aromatic nitrogens is 3. The number of esters is 1. The van der Waals surface area contributed by atoms with Crippen molar-refractivity contribution in [2.24, 2.45) is 4.99 Å². The number of furan rings is 1. The molecule has 0 N–H and O–H groups in total. The number of carbonyl (C=O) groups excluding carboxylic acids is 1. The van der Waals surface area contributed by atoms with Gasteiger partial charge in [0.05, 0.1) is 28.5 Å². The van der Waals surface area contributed by atoms with E-state index in [-0.39, 0.29) is 12.2 Å². The van der Waals surface area contributed by atoms with Gasteiger partial charge in [-0.1, -0.05) is 23.5 Å². The molecule has 9 nitrogen and oxygen atoms in total. The van der Waals surface area contributed by atoms with Crippen LogP contribution in [0.2, 0.25) is 0 Å². The van der Waals surface area contributed by atoms with Crippen LogP contribution in [0.3, 0.4) is 0 Å². The van der Waals surface area contributed by atoms with Crippen LogP contribution in [0.5, 0.6) is 0 Å². The van der Waals surface area contributed by atoms with E-state index in [0.29, 0.717) is 36.6 Å². The van der Waals surface area contributed by atoms with E-state index in [1.165, 1.54) is 23.1 Å². The third-order valence-corrected chi connectivity index (χ3v) is 7.87. The summed E-state index contributed by atoms with van der Waals surface area (Å²) in [6, 6.07) is 12.6. The number of benzene rings is 1. The zero-order valence-electron chi connectivity index (χ0n) is 22.2. The van der Waals surface area contributed by atoms with Crippen molar-refractivity contribution in [2.45, 2.75) is 37.1 Å². The second kappa shape index (κ2) is 11.0. The fourth-order valence-corrected chi connectivity index (χ4v) is 6.01. The van der Waals surface area contributed by atoms with Crippen LogP contribution in [0.4, 0.5) is 5.69 Å². The molecular formula is C28H27N5O4S2. The van der Waals surface area contributed by atoms with Crippen LogP contribution in [-0.4, -0.2) is 41.2 Å². The fraction of sp³-hybridized carbons (Fsp3) is 0.250. The first-order valence-corrected chi connectivity index (χ1v) is 13.9. The fourth-order valence-electron chi connectivity index (χ4n) is 4.22. The molecule has 5 rings (SSSR count). The highest BCUT2D eigenvalue weighted by molar-refractivity contribution is 7.99. The van der Waals surface area contributed by atoms with Crippen molar-refractivity contribution in [3.63, 3.8) is 0 Å². The van der Waals surface area contributed by atoms with E-state index in [1.807, 2.05) is 62.3 Å². The summed E-state index contributed by atoms with van der Waals surface area (Å²) in [5.74, 6) is 0.0319. The summed E-state index contributed by atoms with van der Waals surface area (Å²) in [5.41, 5.74) is 3.28. The molecule has 39 heavy (non-hydrogen) atoms. The lowest BCUT2D eigenvalue weighted by molar-refractivity contribution is -0.139. The number of hydrogen-bond donors (Lipinski definition) is 0. The second-order valence-corrected chi connectivity index (χ2v) is 11.0. The van der Waals surface area contributed by atoms with Crippen molar-refractivity contribution in [2.75, 3.05) is 25.6 Å². The largest absolute Gasteiger partial charge is 0.463 e. The van der Waals surface area contributed by atoms with Crippen molar-refractivity contribution in [3.05, 3.63) is 96.6 Å². The molecule has 0 amide bonds. The maximum atomic E-state index is 13.8. The summed E-state index contributed by atoms with van der Waals surface area (Å²) < 4.78 is 13.3. The number of anilines is 1. The van der Waals surface area contributed by atoms with Crippen molar-refractivity contribution in [3.8, 4) is 0 Å². The summed E-state index contributed by atoms with van der Waals surface area (Å²) in [7, 11) is 3.91. The average molecular weight is 562 g/mol. The zero-order valence-corrected chi connectivity index (χ0v) is 23.8. The van der Waals surface area contributed by atoms with Crippen LogP contribution < -0.4 is 19.8 Å². The van der Waals surface area contributed by atoms with E-state index in [2.05, 4.69) is 15.0 Å². The molecule has 1 aliphatic rings. The Kier molecular flexibility index (Phi) is 7.53. The summed E-state index contributed by atoms with van der Waals surface area (Å²) in [6.45, 7) is 5.65. The van der Waals surface area contributed by atoms with E-state index in [1.54, 1.807) is 36.8 Å². The van der Waals surface area contributed by atoms with Crippen LogP contribution >= 0.6 is 23.1 Å². The number of ether oxygens (including phenoxy) is 1. The Labute approximate surface area is 233 Å². The smallest absolute Gasteiger partial charge is 0.338 e. The van der Waals surface area contributed by atoms with Crippen LogP contribution in [0.25, 0.3) is 6.08 Å². The molecule has 1 atom stereocenters. The third-order valence-electron chi connectivity index (χ3n) is 6.08. The minimum absolute atomic E-state index is 0.221. The van der Waals surface area contributed by atoms with Gasteiger partial charge >= 0.3 is 5.97 Å². The quantitative estimate of drug-likeness (QED) is 0.249. The molecule has 1 aliphatic heterocycles. The van der Waals surface area contributed by atoms with Gasteiger partial charge in [0.1, 0.15) is 5.76 Å². The molecule has 4 aromatic rings. The molecular weight excluding hydrogens is 534 g/mol. The standard InChI is InChI=1S/C28H27N5O4S2/c1-6-36-26(35)23-17(3)31-28-33(24(23)18-7-9-19(10-8-18)32(4)5)25(34)21(38-28)15-20-11-12-22(37-20)39-27-29-14-13-16(2)30-27/h7-15,24H,6H2,1-5H3/b21-15+/t24-/m1/s1. The number of nitrogens with zero attached hydrogens (tertiary/aromatic N) is 5. The van der Waals surface area contributed by atoms with E-state index in [4.69, 9.17) is 9.15 Å². The molecule has 11 heteroatoms. The van der Waals surface area contributed by atoms with Gasteiger partial charge in [0.15, 0.2) is 15.1 Å². The highest BCUT2D eigenvalue weighted by Crippen LogP contribution is 2.32. The SMILES string of the molecule is CCOC(=O)C1=C(C)N=c2s/c(=C/c3ccc(Sc4nccc(C)n4)o3)c(=O)n2[C@@H]1c1ccc(N(C)C)cc1. The lowest BCUT2D eigenvalue weighted by Gasteiger charge is -2.25. The lowest BCUT2D eigenvalue weighted by Crippen LogP contribution is -2.39. The van der Waals surface area contributed by atoms with Gasteiger partial charge in [-0.2, -0.15) is 0 Å². The first-order valence-electron chi connectivity index (χ1n) is 12.3. The molecule has 0 saturated carbocycles. The first-order chi connectivity index (χ1) is 18.7. The first kappa shape index (κ1) is 26.6. The van der Waals surface area contributed by atoms with Crippen LogP contribution in [0.15, 0.2) is 84.4 Å². The minimum atomic E-state index is -0.667. The van der Waals surface area contributed by atoms with E-state index < -0.39 is 12.0 Å². The van der Waals surface area contributed by atoms with Gasteiger partial charge in [-0.05, 0) is 68.4 Å². The second-order valence-electron chi connectivity index (χ2n) is 9.03. The highest BCUT2D eigenvalue weighted by Gasteiger charge is 2.33. The van der Waals surface area contributed by atoms with Crippen molar-refractivity contribution >= 4 is 40.8 Å². The molecule has 0 radical (unpaired) electrons. The molecule has 0 spiro atoms. The monoisotopic (exact) mass is 561 g/mol. The number of thiazole rings is 1. The number of carbonyl (C=O) groups is 1. The third kappa shape index (κ3) is 5.45. The minimum Gasteiger partial charge on any atom is -0.463 e. The maximum absolute atomic E-state index is 13.8. The normalized spacial score (nSPS) is 15.2. The lowest BCUT2D eigenvalue weighted by atomic mass is 9.95. The summed E-state index contributed by atoms with van der Waals surface area (Å²) in [6.07, 6.45) is 3.40. The molecule has 0 fully saturated rings. The van der Waals surface area contributed by atoms with Gasteiger partial charge in [-0.15, -0.1) is 0 Å². The van der Waals surface area contributed by atoms with Gasteiger partial charge in [0.25, 0.3) is 5.56 Å². The molecule has 0 aliphatic carbocycles. The summed E-state index contributed by atoms with van der Waals surface area (Å²) >= 11 is 2.56. The van der Waals surface area contributed by atoms with Crippen LogP contribution in [-0.2, 0) is 9.53 Å². The van der Waals surface area contributed by atoms with Gasteiger partial charge in [-0.3, -0.25) is 9.36 Å². The van der Waals surface area contributed by atoms with E-state index in [9.17, 15) is 9.59 Å². The average Bonchev–Trinajstić information content (AvgIpc) is 3.46. The number of rotatable bonds is 7. The Balaban J connectivity index is 1.57. The van der Waals surface area contributed by atoms with Crippen molar-refractivity contribution in [1.82, 2.24) is 14.5 Å². The maximum Gasteiger partial charge on any atom is 0.338 e. The number of allylic oxidation sites excluding steroid dienone is 1. The molecule has 1 aromatic carbocycles. The Hall–Kier alpha value is -3.96. The van der Waals surface area contributed by atoms with Gasteiger partial charge in [0.2, 0.25) is 0 Å².